The zero-order valence-corrected chi connectivity index (χ0v) is 19.9. The average Bonchev–Trinajstić information content (AvgIpc) is 2.84. The third kappa shape index (κ3) is 6.59. The minimum atomic E-state index is -0.522. The minimum Gasteiger partial charge on any atom is -0.397 e. The van der Waals surface area contributed by atoms with Crippen LogP contribution in [0.2, 0.25) is 0 Å². The molecule has 0 spiro atoms. The maximum atomic E-state index is 13.2. The van der Waals surface area contributed by atoms with Gasteiger partial charge in [-0.15, -0.1) is 0 Å². The first-order valence-corrected chi connectivity index (χ1v) is 11.3. The monoisotopic (exact) mass is 470 g/mol. The number of carbonyl (C=O) groups is 2. The maximum absolute atomic E-state index is 13.2. The number of urea groups is 1. The highest BCUT2D eigenvalue weighted by atomic mass is 16.2. The van der Waals surface area contributed by atoms with Gasteiger partial charge in [-0.05, 0) is 80.9 Å². The van der Waals surface area contributed by atoms with Crippen LogP contribution >= 0.6 is 0 Å². The minimum absolute atomic E-state index is 0.270. The fourth-order valence-electron chi connectivity index (χ4n) is 3.62. The highest BCUT2D eigenvalue weighted by Gasteiger charge is 2.30. The van der Waals surface area contributed by atoms with Crippen molar-refractivity contribution in [2.75, 3.05) is 22.9 Å². The molecule has 3 aromatic rings. The van der Waals surface area contributed by atoms with E-state index >= 15 is 0 Å². The lowest BCUT2D eigenvalue weighted by molar-refractivity contribution is 0.102. The number of amides is 3. The smallest absolute Gasteiger partial charge is 0.322 e. The summed E-state index contributed by atoms with van der Waals surface area (Å²) >= 11 is 0. The molecular formula is C27H30N6O2. The van der Waals surface area contributed by atoms with Crippen molar-refractivity contribution < 1.29 is 9.59 Å². The third-order valence-electron chi connectivity index (χ3n) is 5.76. The molecule has 0 aliphatic carbocycles. The molecule has 0 atom stereocenters. The molecule has 0 aliphatic heterocycles. The molecule has 0 saturated carbocycles. The predicted octanol–water partition coefficient (Wildman–Crippen LogP) is 4.55. The van der Waals surface area contributed by atoms with Gasteiger partial charge in [0.15, 0.2) is 0 Å². The van der Waals surface area contributed by atoms with Crippen LogP contribution in [0.15, 0.2) is 72.8 Å². The molecule has 0 radical (unpaired) electrons. The zero-order chi connectivity index (χ0) is 25.4. The Kier molecular flexibility index (Phi) is 8.08. The molecule has 0 aliphatic rings. The SMILES string of the molecule is CC(C)(CCN)N(Cc1ccc(C(=O)Nc2ccccc2N)cc1)C(=O)Nc1ccc(C#N)cc1. The van der Waals surface area contributed by atoms with Crippen molar-refractivity contribution in [2.45, 2.75) is 32.4 Å². The van der Waals surface area contributed by atoms with Crippen molar-refractivity contribution in [3.8, 4) is 6.07 Å². The summed E-state index contributed by atoms with van der Waals surface area (Å²) in [5.41, 5.74) is 14.7. The summed E-state index contributed by atoms with van der Waals surface area (Å²) in [6, 6.07) is 22.6. The van der Waals surface area contributed by atoms with Gasteiger partial charge in [0.1, 0.15) is 0 Å². The molecule has 3 aromatic carbocycles. The van der Waals surface area contributed by atoms with E-state index in [1.165, 1.54) is 0 Å². The molecular weight excluding hydrogens is 440 g/mol. The van der Waals surface area contributed by atoms with E-state index in [-0.39, 0.29) is 11.9 Å². The number of carbonyl (C=O) groups excluding carboxylic acids is 2. The standard InChI is InChI=1S/C27H30N6O2/c1-27(2,15-16-28)33(26(35)31-22-13-9-19(17-29)10-14-22)18-20-7-11-21(12-8-20)25(34)32-24-6-4-3-5-23(24)30/h3-14H,15-16,18,28,30H2,1-2H3,(H,31,35)(H,32,34). The summed E-state index contributed by atoms with van der Waals surface area (Å²) in [4.78, 5) is 27.6. The van der Waals surface area contributed by atoms with Crippen molar-refractivity contribution in [1.82, 2.24) is 4.90 Å². The summed E-state index contributed by atoms with van der Waals surface area (Å²) in [5, 5.41) is 14.7. The number of nitrogens with two attached hydrogens (primary N) is 2. The Balaban J connectivity index is 1.75. The second-order valence-electron chi connectivity index (χ2n) is 8.79. The van der Waals surface area contributed by atoms with Gasteiger partial charge in [-0.3, -0.25) is 4.79 Å². The van der Waals surface area contributed by atoms with Gasteiger partial charge >= 0.3 is 6.03 Å². The first kappa shape index (κ1) is 25.3. The predicted molar refractivity (Wildman–Crippen MR) is 139 cm³/mol. The van der Waals surface area contributed by atoms with E-state index in [1.807, 2.05) is 26.0 Å². The van der Waals surface area contributed by atoms with Crippen LogP contribution in [0.25, 0.3) is 0 Å². The molecule has 3 amide bonds. The highest BCUT2D eigenvalue weighted by Crippen LogP contribution is 2.24. The van der Waals surface area contributed by atoms with Crippen LogP contribution < -0.4 is 22.1 Å². The van der Waals surface area contributed by atoms with Crippen molar-refractivity contribution >= 4 is 29.0 Å². The van der Waals surface area contributed by atoms with E-state index in [2.05, 4.69) is 16.7 Å². The number of hydrogen-bond acceptors (Lipinski definition) is 5. The van der Waals surface area contributed by atoms with E-state index in [4.69, 9.17) is 16.7 Å². The van der Waals surface area contributed by atoms with Crippen molar-refractivity contribution in [3.63, 3.8) is 0 Å². The van der Waals surface area contributed by atoms with Gasteiger partial charge in [0.2, 0.25) is 0 Å². The van der Waals surface area contributed by atoms with Gasteiger partial charge in [0, 0.05) is 23.3 Å². The van der Waals surface area contributed by atoms with E-state index in [9.17, 15) is 9.59 Å². The molecule has 8 nitrogen and oxygen atoms in total. The Morgan fingerprint density at radius 3 is 2.23 bits per heavy atom. The fraction of sp³-hybridized carbons (Fsp3) is 0.222. The van der Waals surface area contributed by atoms with E-state index in [1.54, 1.807) is 65.6 Å². The molecule has 0 bridgehead atoms. The number of rotatable bonds is 8. The van der Waals surface area contributed by atoms with Crippen LogP contribution in [0.3, 0.4) is 0 Å². The number of nitriles is 1. The number of hydrogen-bond donors (Lipinski definition) is 4. The van der Waals surface area contributed by atoms with Crippen LogP contribution in [-0.2, 0) is 6.54 Å². The van der Waals surface area contributed by atoms with Crippen LogP contribution in [0, 0.1) is 11.3 Å². The highest BCUT2D eigenvalue weighted by molar-refractivity contribution is 6.05. The molecule has 8 heteroatoms. The molecule has 0 aromatic heterocycles. The van der Waals surface area contributed by atoms with E-state index < -0.39 is 5.54 Å². The number of nitrogen functional groups attached to an aromatic ring is 1. The van der Waals surface area contributed by atoms with Gasteiger partial charge in [0.05, 0.1) is 23.0 Å². The number of nitrogens with zero attached hydrogens (tertiary/aromatic N) is 2. The summed E-state index contributed by atoms with van der Waals surface area (Å²) in [6.07, 6.45) is 0.604. The quantitative estimate of drug-likeness (QED) is 0.358. The Morgan fingerprint density at radius 1 is 0.971 bits per heavy atom. The Morgan fingerprint density at radius 2 is 1.63 bits per heavy atom. The number of benzene rings is 3. The van der Waals surface area contributed by atoms with Gasteiger partial charge in [-0.25, -0.2) is 4.79 Å². The lowest BCUT2D eigenvalue weighted by Gasteiger charge is -2.38. The first-order valence-electron chi connectivity index (χ1n) is 11.3. The van der Waals surface area contributed by atoms with Gasteiger partial charge < -0.3 is 27.0 Å². The molecule has 180 valence electrons. The van der Waals surface area contributed by atoms with Crippen molar-refractivity contribution in [2.24, 2.45) is 5.73 Å². The summed E-state index contributed by atoms with van der Waals surface area (Å²) < 4.78 is 0. The number of anilines is 3. The lowest BCUT2D eigenvalue weighted by atomic mass is 9.97. The molecule has 0 heterocycles. The molecule has 6 N–H and O–H groups in total. The van der Waals surface area contributed by atoms with Crippen LogP contribution in [0.5, 0.6) is 0 Å². The molecule has 0 fully saturated rings. The normalized spacial score (nSPS) is 10.8. The van der Waals surface area contributed by atoms with E-state index in [0.29, 0.717) is 47.7 Å². The largest absolute Gasteiger partial charge is 0.397 e. The Labute approximate surface area is 205 Å². The summed E-state index contributed by atoms with van der Waals surface area (Å²) in [7, 11) is 0. The Hall–Kier alpha value is -4.35. The lowest BCUT2D eigenvalue weighted by Crippen LogP contribution is -2.50. The van der Waals surface area contributed by atoms with Crippen LogP contribution in [0.4, 0.5) is 21.9 Å². The average molecular weight is 471 g/mol. The molecule has 3 rings (SSSR count). The second-order valence-corrected chi connectivity index (χ2v) is 8.79. The molecule has 35 heavy (non-hydrogen) atoms. The zero-order valence-electron chi connectivity index (χ0n) is 19.9. The third-order valence-corrected chi connectivity index (χ3v) is 5.76. The number of para-hydroxylation sites is 2. The molecule has 0 saturated heterocycles. The first-order chi connectivity index (χ1) is 16.7. The number of nitrogens with one attached hydrogen (secondary N) is 2. The van der Waals surface area contributed by atoms with Crippen LogP contribution in [0.1, 0.15) is 41.8 Å². The van der Waals surface area contributed by atoms with Gasteiger partial charge in [0.25, 0.3) is 5.91 Å². The van der Waals surface area contributed by atoms with Gasteiger partial charge in [-0.2, -0.15) is 5.26 Å². The van der Waals surface area contributed by atoms with Gasteiger partial charge in [-0.1, -0.05) is 24.3 Å². The Bertz CT molecular complexity index is 1210. The topological polar surface area (TPSA) is 137 Å². The van der Waals surface area contributed by atoms with Crippen molar-refractivity contribution in [3.05, 3.63) is 89.5 Å². The second kappa shape index (κ2) is 11.2. The van der Waals surface area contributed by atoms with E-state index in [0.717, 1.165) is 5.56 Å². The maximum Gasteiger partial charge on any atom is 0.322 e. The fourth-order valence-corrected chi connectivity index (χ4v) is 3.62. The van der Waals surface area contributed by atoms with Crippen LogP contribution in [-0.4, -0.2) is 28.9 Å². The molecule has 0 unspecified atom stereocenters. The van der Waals surface area contributed by atoms with Crippen molar-refractivity contribution in [1.29, 1.82) is 5.26 Å². The summed E-state index contributed by atoms with van der Waals surface area (Å²) in [6.45, 7) is 4.67. The summed E-state index contributed by atoms with van der Waals surface area (Å²) in [5.74, 6) is -0.270.